The summed E-state index contributed by atoms with van der Waals surface area (Å²) < 4.78 is 39.2. The molecule has 1 N–H and O–H groups in total. The molecular formula is C12H19F3N6O. The Kier molecular flexibility index (Phi) is 4.59. The van der Waals surface area contributed by atoms with E-state index in [0.29, 0.717) is 5.82 Å². The van der Waals surface area contributed by atoms with Gasteiger partial charge >= 0.3 is 12.2 Å². The summed E-state index contributed by atoms with van der Waals surface area (Å²) in [5.74, 6) is 0.433. The number of hydrogen-bond donors (Lipinski definition) is 1. The SMILES string of the molecule is C[C@@H]1CN(C(=O)Nc2cnnn2C)C[C@H](C)N1CC(F)(F)F. The molecule has 2 atom stereocenters. The van der Waals surface area contributed by atoms with E-state index in [1.165, 1.54) is 20.7 Å². The number of carbonyl (C=O) groups is 1. The van der Waals surface area contributed by atoms with Gasteiger partial charge in [-0.1, -0.05) is 5.21 Å². The number of nitrogens with one attached hydrogen (secondary N) is 1. The van der Waals surface area contributed by atoms with Gasteiger partial charge in [0.05, 0.1) is 12.7 Å². The fourth-order valence-electron chi connectivity index (χ4n) is 2.63. The predicted molar refractivity (Wildman–Crippen MR) is 73.3 cm³/mol. The summed E-state index contributed by atoms with van der Waals surface area (Å²) in [6.07, 6.45) is -2.84. The Labute approximate surface area is 126 Å². The van der Waals surface area contributed by atoms with Gasteiger partial charge in [0.15, 0.2) is 5.82 Å². The van der Waals surface area contributed by atoms with Crippen LogP contribution >= 0.6 is 0 Å². The van der Waals surface area contributed by atoms with Crippen LogP contribution in [0.15, 0.2) is 6.20 Å². The first-order valence-electron chi connectivity index (χ1n) is 6.90. The summed E-state index contributed by atoms with van der Waals surface area (Å²) in [5, 5.41) is 9.99. The Morgan fingerprint density at radius 2 is 1.95 bits per heavy atom. The topological polar surface area (TPSA) is 66.3 Å². The summed E-state index contributed by atoms with van der Waals surface area (Å²) in [6.45, 7) is 2.88. The number of hydrogen-bond acceptors (Lipinski definition) is 4. The van der Waals surface area contributed by atoms with Crippen molar-refractivity contribution in [1.29, 1.82) is 0 Å². The van der Waals surface area contributed by atoms with E-state index < -0.39 is 12.7 Å². The molecule has 0 bridgehead atoms. The molecule has 0 saturated carbocycles. The molecule has 10 heteroatoms. The van der Waals surface area contributed by atoms with Crippen molar-refractivity contribution in [2.24, 2.45) is 7.05 Å². The zero-order valence-corrected chi connectivity index (χ0v) is 12.6. The van der Waals surface area contributed by atoms with Crippen LogP contribution in [0.3, 0.4) is 0 Å². The molecular weight excluding hydrogens is 301 g/mol. The van der Waals surface area contributed by atoms with Gasteiger partial charge in [-0.05, 0) is 13.8 Å². The number of aryl methyl sites for hydroxylation is 1. The van der Waals surface area contributed by atoms with Crippen LogP contribution in [0.2, 0.25) is 0 Å². The second kappa shape index (κ2) is 6.11. The van der Waals surface area contributed by atoms with Gasteiger partial charge in [0, 0.05) is 32.2 Å². The Hall–Kier alpha value is -1.84. The molecule has 7 nitrogen and oxygen atoms in total. The van der Waals surface area contributed by atoms with Crippen LogP contribution in [0.4, 0.5) is 23.8 Å². The summed E-state index contributed by atoms with van der Waals surface area (Å²) in [5.41, 5.74) is 0. The maximum absolute atomic E-state index is 12.6. The molecule has 1 aliphatic rings. The molecule has 2 heterocycles. The Bertz CT molecular complexity index is 519. The van der Waals surface area contributed by atoms with Crippen molar-refractivity contribution >= 4 is 11.8 Å². The molecule has 1 saturated heterocycles. The van der Waals surface area contributed by atoms with E-state index in [4.69, 9.17) is 0 Å². The van der Waals surface area contributed by atoms with Crippen LogP contribution in [0.25, 0.3) is 0 Å². The Morgan fingerprint density at radius 1 is 1.36 bits per heavy atom. The summed E-state index contributed by atoms with van der Waals surface area (Å²) >= 11 is 0. The molecule has 1 aromatic heterocycles. The van der Waals surface area contributed by atoms with Crippen molar-refractivity contribution in [3.05, 3.63) is 6.20 Å². The number of carbonyl (C=O) groups excluding carboxylic acids is 1. The standard InChI is InChI=1S/C12H19F3N6O/c1-8-5-20(6-9(2)21(8)7-12(13,14)15)11(22)17-10-4-16-18-19(10)3/h4,8-9H,5-7H2,1-3H3,(H,17,22)/t8-,9+. The first kappa shape index (κ1) is 16.5. The van der Waals surface area contributed by atoms with Gasteiger partial charge in [-0.2, -0.15) is 13.2 Å². The lowest BCUT2D eigenvalue weighted by molar-refractivity contribution is -0.160. The lowest BCUT2D eigenvalue weighted by atomic mass is 10.1. The maximum atomic E-state index is 12.6. The summed E-state index contributed by atoms with van der Waals surface area (Å²) in [7, 11) is 1.63. The van der Waals surface area contributed by atoms with E-state index in [1.54, 1.807) is 20.9 Å². The lowest BCUT2D eigenvalue weighted by Gasteiger charge is -2.44. The molecule has 1 fully saturated rings. The number of aromatic nitrogens is 3. The van der Waals surface area contributed by atoms with Gasteiger partial charge < -0.3 is 4.90 Å². The van der Waals surface area contributed by atoms with Crippen molar-refractivity contribution < 1.29 is 18.0 Å². The molecule has 0 spiro atoms. The molecule has 124 valence electrons. The number of nitrogens with zero attached hydrogens (tertiary/aromatic N) is 5. The van der Waals surface area contributed by atoms with E-state index in [-0.39, 0.29) is 31.2 Å². The molecule has 1 aromatic rings. The maximum Gasteiger partial charge on any atom is 0.401 e. The summed E-state index contributed by atoms with van der Waals surface area (Å²) in [6, 6.07) is -1.11. The third kappa shape index (κ3) is 3.87. The fourth-order valence-corrected chi connectivity index (χ4v) is 2.63. The van der Waals surface area contributed by atoms with Crippen LogP contribution < -0.4 is 5.32 Å². The number of amides is 2. The smallest absolute Gasteiger partial charge is 0.321 e. The van der Waals surface area contributed by atoms with E-state index >= 15 is 0 Å². The predicted octanol–water partition coefficient (Wildman–Crippen LogP) is 1.30. The zero-order chi connectivity index (χ0) is 16.5. The zero-order valence-electron chi connectivity index (χ0n) is 12.6. The van der Waals surface area contributed by atoms with Crippen molar-refractivity contribution in [3.63, 3.8) is 0 Å². The second-order valence-electron chi connectivity index (χ2n) is 5.56. The van der Waals surface area contributed by atoms with Crippen molar-refractivity contribution in [1.82, 2.24) is 24.8 Å². The molecule has 0 aliphatic carbocycles. The van der Waals surface area contributed by atoms with Gasteiger partial charge in [-0.15, -0.1) is 5.10 Å². The van der Waals surface area contributed by atoms with E-state index in [0.717, 1.165) is 0 Å². The van der Waals surface area contributed by atoms with Crippen LogP contribution in [0, 0.1) is 0 Å². The Balaban J connectivity index is 1.98. The largest absolute Gasteiger partial charge is 0.401 e. The first-order chi connectivity index (χ1) is 10.2. The second-order valence-corrected chi connectivity index (χ2v) is 5.56. The van der Waals surface area contributed by atoms with Gasteiger partial charge in [-0.25, -0.2) is 9.48 Å². The van der Waals surface area contributed by atoms with Crippen LogP contribution in [0.5, 0.6) is 0 Å². The molecule has 2 amide bonds. The van der Waals surface area contributed by atoms with E-state index in [2.05, 4.69) is 15.6 Å². The number of urea groups is 1. The number of rotatable bonds is 2. The van der Waals surface area contributed by atoms with Crippen LogP contribution in [-0.2, 0) is 7.05 Å². The van der Waals surface area contributed by atoms with E-state index in [1.807, 2.05) is 0 Å². The van der Waals surface area contributed by atoms with Crippen LogP contribution in [-0.4, -0.2) is 68.7 Å². The number of alkyl halides is 3. The molecule has 22 heavy (non-hydrogen) atoms. The van der Waals surface area contributed by atoms with Crippen LogP contribution in [0.1, 0.15) is 13.8 Å². The minimum atomic E-state index is -4.24. The molecule has 2 rings (SSSR count). The first-order valence-corrected chi connectivity index (χ1v) is 6.90. The third-order valence-electron chi connectivity index (χ3n) is 3.70. The van der Waals surface area contributed by atoms with Gasteiger partial charge in [-0.3, -0.25) is 10.2 Å². The highest BCUT2D eigenvalue weighted by molar-refractivity contribution is 5.88. The van der Waals surface area contributed by atoms with Crippen molar-refractivity contribution in [3.8, 4) is 0 Å². The highest BCUT2D eigenvalue weighted by atomic mass is 19.4. The highest BCUT2D eigenvalue weighted by Crippen LogP contribution is 2.23. The number of piperazine rings is 1. The lowest BCUT2D eigenvalue weighted by Crippen LogP contribution is -2.60. The fraction of sp³-hybridized carbons (Fsp3) is 0.750. The molecule has 0 radical (unpaired) electrons. The highest BCUT2D eigenvalue weighted by Gasteiger charge is 2.39. The average molecular weight is 320 g/mol. The number of halogens is 3. The third-order valence-corrected chi connectivity index (χ3v) is 3.70. The monoisotopic (exact) mass is 320 g/mol. The Morgan fingerprint density at radius 3 is 2.41 bits per heavy atom. The molecule has 0 aromatic carbocycles. The van der Waals surface area contributed by atoms with Gasteiger partial charge in [0.1, 0.15) is 0 Å². The summed E-state index contributed by atoms with van der Waals surface area (Å²) in [4.78, 5) is 15.1. The van der Waals surface area contributed by atoms with Crippen molar-refractivity contribution in [2.45, 2.75) is 32.1 Å². The molecule has 0 unspecified atom stereocenters. The minimum absolute atomic E-state index is 0.234. The van der Waals surface area contributed by atoms with Crippen molar-refractivity contribution in [2.75, 3.05) is 25.0 Å². The average Bonchev–Trinajstić information content (AvgIpc) is 2.78. The normalized spacial score (nSPS) is 23.6. The van der Waals surface area contributed by atoms with Gasteiger partial charge in [0.2, 0.25) is 0 Å². The minimum Gasteiger partial charge on any atom is -0.321 e. The molecule has 1 aliphatic heterocycles. The van der Waals surface area contributed by atoms with E-state index in [9.17, 15) is 18.0 Å². The number of anilines is 1. The quantitative estimate of drug-likeness (QED) is 0.892. The van der Waals surface area contributed by atoms with Gasteiger partial charge in [0.25, 0.3) is 0 Å².